The molecule has 19 unspecified atom stereocenters. The van der Waals surface area contributed by atoms with E-state index in [4.69, 9.17) is 42.2 Å². The maximum absolute atomic E-state index is 12.4. The van der Waals surface area contributed by atoms with E-state index in [1.807, 2.05) is 0 Å². The highest BCUT2D eigenvalue weighted by atomic mass is 17.1. The van der Waals surface area contributed by atoms with Crippen molar-refractivity contribution in [2.24, 2.45) is 110 Å². The predicted octanol–water partition coefficient (Wildman–Crippen LogP) is 19.2. The zero-order chi connectivity index (χ0) is 64.7. The smallest absolute Gasteiger partial charge is 0.306 e. The van der Waals surface area contributed by atoms with E-state index in [1.165, 1.54) is 122 Å². The molecule has 0 saturated heterocycles. The minimum absolute atomic E-state index is 0.156. The van der Waals surface area contributed by atoms with Gasteiger partial charge in [-0.3, -0.25) is 20.1 Å². The van der Waals surface area contributed by atoms with Gasteiger partial charge < -0.3 is 32.4 Å². The SMILES string of the molecule is CC(C)CCCC(C)C1CCC2C3CC=C4CC(C(CCCC(=O)OCc5cc(N)cc(N)c5)OO)CCC4(C)C3CCC12C.CC(C)CCCC(C)C1CCC2C3CCC4CC(C(CCCC(=O)OCc5cc(N)cc(N)c5)OO)CCC4(C)C3CCC12C. The third-order valence-corrected chi connectivity index (χ3v) is 27.2. The molecule has 8 aliphatic carbocycles. The van der Waals surface area contributed by atoms with Gasteiger partial charge in [0, 0.05) is 35.6 Å². The van der Waals surface area contributed by atoms with Crippen LogP contribution in [0.25, 0.3) is 0 Å². The van der Waals surface area contributed by atoms with Crippen LogP contribution in [0.15, 0.2) is 48.0 Å². The van der Waals surface area contributed by atoms with Crippen LogP contribution in [0.3, 0.4) is 0 Å². The third-order valence-electron chi connectivity index (χ3n) is 27.2. The van der Waals surface area contributed by atoms with Crippen molar-refractivity contribution in [3.05, 3.63) is 59.2 Å². The molecule has 0 spiro atoms. The summed E-state index contributed by atoms with van der Waals surface area (Å²) in [6.45, 7) is 25.5. The molecule has 10 rings (SSSR count). The number of benzene rings is 2. The Kier molecular flexibility index (Phi) is 24.0. The minimum atomic E-state index is -0.256. The van der Waals surface area contributed by atoms with Gasteiger partial charge in [-0.1, -0.05) is 119 Å². The number of ether oxygens (including phenoxy) is 2. The van der Waals surface area contributed by atoms with Crippen molar-refractivity contribution in [2.45, 2.75) is 281 Å². The lowest BCUT2D eigenvalue weighted by molar-refractivity contribution is -0.297. The van der Waals surface area contributed by atoms with Crippen LogP contribution in [0, 0.1) is 110 Å². The number of fused-ring (bicyclic) bond motifs is 10. The van der Waals surface area contributed by atoms with Gasteiger partial charge in [-0.15, -0.1) is 0 Å². The van der Waals surface area contributed by atoms with Crippen LogP contribution in [0.4, 0.5) is 22.7 Å². The number of esters is 2. The number of nitrogen functional groups attached to an aromatic ring is 4. The molecule has 90 heavy (non-hydrogen) atoms. The van der Waals surface area contributed by atoms with Gasteiger partial charge >= 0.3 is 11.9 Å². The Morgan fingerprint density at radius 1 is 0.500 bits per heavy atom. The number of hydrogen-bond acceptors (Lipinski definition) is 12. The Hall–Kier alpha value is -3.84. The molecular weight excluding hydrogens is 1120 g/mol. The Balaban J connectivity index is 0.000000213. The van der Waals surface area contributed by atoms with E-state index in [0.717, 1.165) is 108 Å². The fourth-order valence-corrected chi connectivity index (χ4v) is 22.5. The number of hydrogen-bond donors (Lipinski definition) is 6. The summed E-state index contributed by atoms with van der Waals surface area (Å²) in [5.41, 5.74) is 30.6. The van der Waals surface area contributed by atoms with E-state index in [9.17, 15) is 20.1 Å². The topological polar surface area (TPSA) is 216 Å². The van der Waals surface area contributed by atoms with Crippen LogP contribution >= 0.6 is 0 Å². The molecule has 10 N–H and O–H groups in total. The number of anilines is 4. The fraction of sp³-hybridized carbons (Fsp3) is 0.795. The first-order chi connectivity index (χ1) is 42.9. The van der Waals surface area contributed by atoms with Crippen molar-refractivity contribution in [2.75, 3.05) is 22.9 Å². The Labute approximate surface area is 544 Å². The van der Waals surface area contributed by atoms with E-state index in [2.05, 4.69) is 75.3 Å². The van der Waals surface area contributed by atoms with Crippen molar-refractivity contribution >= 4 is 34.7 Å². The molecule has 0 bridgehead atoms. The van der Waals surface area contributed by atoms with Gasteiger partial charge in [0.15, 0.2) is 0 Å². The van der Waals surface area contributed by atoms with E-state index in [0.29, 0.717) is 89.4 Å². The zero-order valence-electron chi connectivity index (χ0n) is 57.9. The normalized spacial score (nSPS) is 34.8. The first-order valence-corrected chi connectivity index (χ1v) is 36.8. The summed E-state index contributed by atoms with van der Waals surface area (Å²) < 4.78 is 10.9. The molecule has 19 atom stereocenters. The van der Waals surface area contributed by atoms with Crippen LogP contribution < -0.4 is 22.9 Å². The lowest BCUT2D eigenvalue weighted by Crippen LogP contribution is -2.54. The summed E-state index contributed by atoms with van der Waals surface area (Å²) in [7, 11) is 0. The first kappa shape index (κ1) is 70.5. The predicted molar refractivity (Wildman–Crippen MR) is 366 cm³/mol. The summed E-state index contributed by atoms with van der Waals surface area (Å²) in [5.74, 6) is 11.1. The quantitative estimate of drug-likeness (QED) is 0.0171. The molecule has 506 valence electrons. The lowest BCUT2D eigenvalue weighted by Gasteiger charge is -2.61. The van der Waals surface area contributed by atoms with Crippen LogP contribution in [0.5, 0.6) is 0 Å². The van der Waals surface area contributed by atoms with Crippen LogP contribution in [0.2, 0.25) is 0 Å². The van der Waals surface area contributed by atoms with Crippen molar-refractivity contribution < 1.29 is 39.4 Å². The van der Waals surface area contributed by atoms with Gasteiger partial charge in [0.1, 0.15) is 13.2 Å². The second-order valence-corrected chi connectivity index (χ2v) is 33.4. The number of nitrogens with two attached hydrogens (primary N) is 4. The highest BCUT2D eigenvalue weighted by molar-refractivity contribution is 5.70. The molecule has 0 aromatic heterocycles. The molecule has 2 aromatic rings. The maximum Gasteiger partial charge on any atom is 0.306 e. The summed E-state index contributed by atoms with van der Waals surface area (Å²) in [6.07, 6.45) is 35.7. The summed E-state index contributed by atoms with van der Waals surface area (Å²) in [4.78, 5) is 35.1. The Morgan fingerprint density at radius 2 is 0.956 bits per heavy atom. The number of rotatable bonds is 26. The Bertz CT molecular complexity index is 2660. The molecule has 2 aromatic carbocycles. The van der Waals surface area contributed by atoms with Crippen LogP contribution in [0.1, 0.15) is 267 Å². The van der Waals surface area contributed by atoms with Crippen molar-refractivity contribution in [3.8, 4) is 0 Å². The molecule has 12 nitrogen and oxygen atoms in total. The van der Waals surface area contributed by atoms with Gasteiger partial charge in [0.05, 0.1) is 12.2 Å². The minimum Gasteiger partial charge on any atom is -0.461 e. The molecule has 0 amide bonds. The third kappa shape index (κ3) is 16.1. The fourth-order valence-electron chi connectivity index (χ4n) is 22.5. The molecule has 12 heteroatoms. The first-order valence-electron chi connectivity index (χ1n) is 36.8. The van der Waals surface area contributed by atoms with E-state index < -0.39 is 0 Å². The average Bonchev–Trinajstić information content (AvgIpc) is 1.35. The largest absolute Gasteiger partial charge is 0.461 e. The van der Waals surface area contributed by atoms with Crippen molar-refractivity contribution in [1.82, 2.24) is 0 Å². The Morgan fingerprint density at radius 3 is 1.46 bits per heavy atom. The van der Waals surface area contributed by atoms with E-state index >= 15 is 0 Å². The molecule has 0 heterocycles. The average molecular weight is 1250 g/mol. The number of carbonyl (C=O) groups excluding carboxylic acids is 2. The maximum atomic E-state index is 12.4. The van der Waals surface area contributed by atoms with Crippen molar-refractivity contribution in [1.29, 1.82) is 0 Å². The van der Waals surface area contributed by atoms with Gasteiger partial charge in [-0.05, 0) is 293 Å². The highest BCUT2D eigenvalue weighted by Crippen LogP contribution is 2.70. The standard InChI is InChI=1S/C39H64N2O4.C39H62N2O4/c2*1-25(2)8-6-9-26(3)33-14-15-34-32-13-12-29-22-28(16-18-38(29,4)35(32)17-19-39(33,34)5)36(45-43)10-7-11-37(42)44-24-27-20-30(40)23-31(41)21-27/h20-21,23,25-26,28-29,32-36,43H,6-19,22,24,40-41H2,1-5H3;12,20-21,23,25-26,28,32-36,43H,6-11,13-19,22,24,40-41H2,1-5H3. The van der Waals surface area contributed by atoms with E-state index in [-0.39, 0.29) is 48.7 Å². The number of allylic oxidation sites excluding steroid dienone is 2. The molecule has 8 aliphatic rings. The van der Waals surface area contributed by atoms with Gasteiger partial charge in [-0.2, -0.15) is 0 Å². The van der Waals surface area contributed by atoms with Gasteiger partial charge in [0.25, 0.3) is 0 Å². The summed E-state index contributed by atoms with van der Waals surface area (Å²) in [5, 5.41) is 19.9. The van der Waals surface area contributed by atoms with Crippen LogP contribution in [-0.2, 0) is 42.1 Å². The molecular formula is C78H126N4O8. The highest BCUT2D eigenvalue weighted by Gasteiger charge is 2.62. The molecule has 7 saturated carbocycles. The second-order valence-electron chi connectivity index (χ2n) is 33.4. The second kappa shape index (κ2) is 30.7. The summed E-state index contributed by atoms with van der Waals surface area (Å²) in [6, 6.07) is 10.5. The monoisotopic (exact) mass is 1250 g/mol. The number of carbonyl (C=O) groups is 2. The van der Waals surface area contributed by atoms with Gasteiger partial charge in [-0.25, -0.2) is 9.78 Å². The lowest BCUT2D eigenvalue weighted by atomic mass is 9.43. The molecule has 7 fully saturated rings. The van der Waals surface area contributed by atoms with Crippen LogP contribution in [-0.4, -0.2) is 34.7 Å². The summed E-state index contributed by atoms with van der Waals surface area (Å²) >= 11 is 0. The zero-order valence-corrected chi connectivity index (χ0v) is 57.9. The van der Waals surface area contributed by atoms with E-state index in [1.54, 1.807) is 42.0 Å². The molecule has 0 aliphatic heterocycles. The molecule has 0 radical (unpaired) electrons. The van der Waals surface area contributed by atoms with Gasteiger partial charge in [0.2, 0.25) is 0 Å². The van der Waals surface area contributed by atoms with Crippen molar-refractivity contribution in [3.63, 3.8) is 0 Å².